The second-order valence-corrected chi connectivity index (χ2v) is 6.16. The number of hydrogen-bond acceptors (Lipinski definition) is 3. The van der Waals surface area contributed by atoms with E-state index in [0.717, 1.165) is 16.3 Å². The Morgan fingerprint density at radius 2 is 1.79 bits per heavy atom. The minimum Gasteiger partial charge on any atom is -0.463 e. The standard InChI is InChI=1S/C20H16FNOS/c1-15-4-8-17(9-5-15)22-19(20-3-2-13-23-20)12-14-24-18-10-6-16(21)7-11-18/h2-14H,1H3. The molecule has 3 aromatic rings. The highest BCUT2D eigenvalue weighted by Gasteiger charge is 2.03. The fraction of sp³-hybridized carbons (Fsp3) is 0.0500. The van der Waals surface area contributed by atoms with Crippen LogP contribution in [0.5, 0.6) is 0 Å². The van der Waals surface area contributed by atoms with E-state index >= 15 is 0 Å². The van der Waals surface area contributed by atoms with Crippen LogP contribution in [0.1, 0.15) is 11.3 Å². The van der Waals surface area contributed by atoms with E-state index in [-0.39, 0.29) is 5.82 Å². The van der Waals surface area contributed by atoms with Crippen molar-refractivity contribution < 1.29 is 8.81 Å². The van der Waals surface area contributed by atoms with Crippen LogP contribution in [0, 0.1) is 12.7 Å². The Hall–Kier alpha value is -2.59. The molecule has 0 amide bonds. The van der Waals surface area contributed by atoms with Crippen LogP contribution in [0.4, 0.5) is 10.1 Å². The van der Waals surface area contributed by atoms with Crippen LogP contribution in [0.15, 0.2) is 92.7 Å². The van der Waals surface area contributed by atoms with Crippen LogP contribution in [0.2, 0.25) is 0 Å². The van der Waals surface area contributed by atoms with E-state index in [1.54, 1.807) is 18.4 Å². The molecule has 0 aliphatic rings. The number of hydrogen-bond donors (Lipinski definition) is 0. The van der Waals surface area contributed by atoms with E-state index in [4.69, 9.17) is 4.42 Å². The molecule has 1 heterocycles. The third-order valence-electron chi connectivity index (χ3n) is 3.30. The van der Waals surface area contributed by atoms with Crippen molar-refractivity contribution in [1.29, 1.82) is 0 Å². The molecule has 1 aromatic heterocycles. The average Bonchev–Trinajstić information content (AvgIpc) is 3.12. The Bertz CT molecular complexity index is 834. The van der Waals surface area contributed by atoms with E-state index in [0.29, 0.717) is 5.76 Å². The molecule has 0 aliphatic heterocycles. The normalized spacial score (nSPS) is 12.0. The smallest absolute Gasteiger partial charge is 0.152 e. The molecular weight excluding hydrogens is 321 g/mol. The molecular formula is C20H16FNOS. The summed E-state index contributed by atoms with van der Waals surface area (Å²) >= 11 is 1.50. The van der Waals surface area contributed by atoms with E-state index < -0.39 is 0 Å². The molecule has 2 aromatic carbocycles. The summed E-state index contributed by atoms with van der Waals surface area (Å²) in [6.45, 7) is 2.04. The molecule has 120 valence electrons. The monoisotopic (exact) mass is 337 g/mol. The third kappa shape index (κ3) is 4.46. The summed E-state index contributed by atoms with van der Waals surface area (Å²) < 4.78 is 18.4. The van der Waals surface area contributed by atoms with Gasteiger partial charge < -0.3 is 4.42 Å². The van der Waals surface area contributed by atoms with Gasteiger partial charge in [-0.05, 0) is 66.9 Å². The van der Waals surface area contributed by atoms with Gasteiger partial charge in [-0.2, -0.15) is 0 Å². The molecule has 0 bridgehead atoms. The van der Waals surface area contributed by atoms with Gasteiger partial charge in [0.15, 0.2) is 5.76 Å². The highest BCUT2D eigenvalue weighted by molar-refractivity contribution is 8.02. The number of aryl methyl sites for hydroxylation is 1. The van der Waals surface area contributed by atoms with Gasteiger partial charge in [0, 0.05) is 4.90 Å². The van der Waals surface area contributed by atoms with Gasteiger partial charge in [-0.3, -0.25) is 0 Å². The van der Waals surface area contributed by atoms with Crippen molar-refractivity contribution in [1.82, 2.24) is 0 Å². The zero-order valence-corrected chi connectivity index (χ0v) is 14.0. The molecule has 4 heteroatoms. The number of rotatable bonds is 5. The minimum absolute atomic E-state index is 0.236. The van der Waals surface area contributed by atoms with Crippen LogP contribution >= 0.6 is 11.8 Å². The largest absolute Gasteiger partial charge is 0.463 e. The number of allylic oxidation sites excluding steroid dienone is 1. The summed E-state index contributed by atoms with van der Waals surface area (Å²) in [6.07, 6.45) is 3.52. The number of halogens is 1. The Kier molecular flexibility index (Phi) is 5.29. The van der Waals surface area contributed by atoms with Gasteiger partial charge in [0.2, 0.25) is 0 Å². The van der Waals surface area contributed by atoms with Crippen molar-refractivity contribution in [3.05, 3.63) is 95.6 Å². The third-order valence-corrected chi connectivity index (χ3v) is 4.12. The molecule has 3 rings (SSSR count). The Morgan fingerprint density at radius 3 is 2.46 bits per heavy atom. The molecule has 0 saturated carbocycles. The predicted molar refractivity (Wildman–Crippen MR) is 97.5 cm³/mol. The van der Waals surface area contributed by atoms with Crippen molar-refractivity contribution in [2.75, 3.05) is 0 Å². The SMILES string of the molecule is Cc1ccc(N=C(C=CSc2ccc(F)cc2)c2ccco2)cc1. The summed E-state index contributed by atoms with van der Waals surface area (Å²) in [5.41, 5.74) is 2.79. The van der Waals surface area contributed by atoms with Gasteiger partial charge >= 0.3 is 0 Å². The molecule has 0 N–H and O–H groups in total. The van der Waals surface area contributed by atoms with E-state index in [2.05, 4.69) is 4.99 Å². The van der Waals surface area contributed by atoms with Crippen molar-refractivity contribution >= 4 is 23.2 Å². The number of thioether (sulfide) groups is 1. The quantitative estimate of drug-likeness (QED) is 0.412. The first-order valence-corrected chi connectivity index (χ1v) is 8.37. The maximum absolute atomic E-state index is 12.9. The number of benzene rings is 2. The number of aliphatic imine (C=N–C) groups is 1. The molecule has 0 fully saturated rings. The number of nitrogens with zero attached hydrogens (tertiary/aromatic N) is 1. The lowest BCUT2D eigenvalue weighted by atomic mass is 10.2. The zero-order chi connectivity index (χ0) is 16.8. The van der Waals surface area contributed by atoms with Crippen molar-refractivity contribution in [2.45, 2.75) is 11.8 Å². The van der Waals surface area contributed by atoms with Crippen molar-refractivity contribution in [3.63, 3.8) is 0 Å². The molecule has 0 unspecified atom stereocenters. The lowest BCUT2D eigenvalue weighted by Gasteiger charge is -2.00. The molecule has 0 aliphatic carbocycles. The van der Waals surface area contributed by atoms with Gasteiger partial charge in [-0.25, -0.2) is 9.38 Å². The summed E-state index contributed by atoms with van der Waals surface area (Å²) in [5, 5.41) is 1.92. The van der Waals surface area contributed by atoms with Gasteiger partial charge in [-0.1, -0.05) is 29.5 Å². The van der Waals surface area contributed by atoms with Crippen LogP contribution in [0.3, 0.4) is 0 Å². The Balaban J connectivity index is 1.81. The van der Waals surface area contributed by atoms with Gasteiger partial charge in [-0.15, -0.1) is 0 Å². The van der Waals surface area contributed by atoms with Crippen LogP contribution < -0.4 is 0 Å². The molecule has 0 radical (unpaired) electrons. The van der Waals surface area contributed by atoms with Crippen LogP contribution in [0.25, 0.3) is 0 Å². The highest BCUT2D eigenvalue weighted by Crippen LogP contribution is 2.21. The number of furan rings is 1. The van der Waals surface area contributed by atoms with Crippen molar-refractivity contribution in [2.24, 2.45) is 4.99 Å². The summed E-state index contributed by atoms with van der Waals surface area (Å²) in [5.74, 6) is 0.465. The maximum Gasteiger partial charge on any atom is 0.152 e. The van der Waals surface area contributed by atoms with E-state index in [1.165, 1.54) is 29.5 Å². The lowest BCUT2D eigenvalue weighted by molar-refractivity contribution is 0.558. The molecule has 0 atom stereocenters. The fourth-order valence-electron chi connectivity index (χ4n) is 2.05. The molecule has 0 saturated heterocycles. The Labute approximate surface area is 144 Å². The first-order chi connectivity index (χ1) is 11.7. The van der Waals surface area contributed by atoms with Gasteiger partial charge in [0.25, 0.3) is 0 Å². The fourth-order valence-corrected chi connectivity index (χ4v) is 2.69. The molecule has 2 nitrogen and oxygen atoms in total. The average molecular weight is 337 g/mol. The summed E-state index contributed by atoms with van der Waals surface area (Å²) in [4.78, 5) is 5.61. The van der Waals surface area contributed by atoms with Gasteiger partial charge in [0.05, 0.1) is 12.0 Å². The van der Waals surface area contributed by atoms with Crippen LogP contribution in [-0.4, -0.2) is 5.71 Å². The van der Waals surface area contributed by atoms with E-state index in [9.17, 15) is 4.39 Å². The lowest BCUT2D eigenvalue weighted by Crippen LogP contribution is -1.93. The molecule has 0 spiro atoms. The molecule has 24 heavy (non-hydrogen) atoms. The predicted octanol–water partition coefficient (Wildman–Crippen LogP) is 6.15. The van der Waals surface area contributed by atoms with E-state index in [1.807, 2.05) is 54.8 Å². The summed E-state index contributed by atoms with van der Waals surface area (Å²) in [7, 11) is 0. The summed E-state index contributed by atoms with van der Waals surface area (Å²) in [6, 6.07) is 18.1. The minimum atomic E-state index is -0.236. The first-order valence-electron chi connectivity index (χ1n) is 7.49. The van der Waals surface area contributed by atoms with Crippen molar-refractivity contribution in [3.8, 4) is 0 Å². The highest BCUT2D eigenvalue weighted by atomic mass is 32.2. The van der Waals surface area contributed by atoms with Gasteiger partial charge in [0.1, 0.15) is 11.5 Å². The second kappa shape index (κ2) is 7.79. The first kappa shape index (κ1) is 16.3. The Morgan fingerprint density at radius 1 is 1.04 bits per heavy atom. The second-order valence-electron chi connectivity index (χ2n) is 5.18. The van der Waals surface area contributed by atoms with Crippen LogP contribution in [-0.2, 0) is 0 Å². The maximum atomic E-state index is 12.9. The topological polar surface area (TPSA) is 25.5 Å². The zero-order valence-electron chi connectivity index (χ0n) is 13.1.